The van der Waals surface area contributed by atoms with Crippen LogP contribution >= 0.6 is 0 Å². The van der Waals surface area contributed by atoms with Crippen LogP contribution in [0.25, 0.3) is 0 Å². The first-order valence-electron chi connectivity index (χ1n) is 23.7. The van der Waals surface area contributed by atoms with E-state index in [1.165, 1.54) is 40.5 Å². The number of unbranched alkanes of at least 4 members (excludes halogenated alkanes) is 1. The summed E-state index contributed by atoms with van der Waals surface area (Å²) in [6.07, 6.45) is 16.5. The van der Waals surface area contributed by atoms with Gasteiger partial charge >= 0.3 is 12.1 Å². The highest BCUT2D eigenvalue weighted by Crippen LogP contribution is 2.38. The number of fused-ring (bicyclic) bond motifs is 2. The molecule has 0 unspecified atom stereocenters. The fourth-order valence-electron chi connectivity index (χ4n) is 7.60. The summed E-state index contributed by atoms with van der Waals surface area (Å²) in [6, 6.07) is 13.9. The van der Waals surface area contributed by atoms with Gasteiger partial charge in [0.1, 0.15) is 23.7 Å². The molecule has 20 heteroatoms. The number of rotatable bonds is 33. The molecule has 6 N–H and O–H groups in total. The number of benzene rings is 2. The van der Waals surface area contributed by atoms with E-state index in [1.54, 1.807) is 18.2 Å². The maximum absolute atomic E-state index is 12.7. The fraction of sp³-hybridized carbons (Fsp3) is 0.510. The quantitative estimate of drug-likeness (QED) is 0.0308. The van der Waals surface area contributed by atoms with Crippen molar-refractivity contribution in [2.75, 3.05) is 92.1 Å². The molecule has 380 valence electrons. The van der Waals surface area contributed by atoms with Gasteiger partial charge in [0.25, 0.3) is 0 Å². The fourth-order valence-corrected chi connectivity index (χ4v) is 9.40. The minimum atomic E-state index is -3.79. The summed E-state index contributed by atoms with van der Waals surface area (Å²) < 4.78 is 89.8. The van der Waals surface area contributed by atoms with Crippen LogP contribution in [-0.4, -0.2) is 127 Å². The van der Waals surface area contributed by atoms with Gasteiger partial charge in [-0.25, -0.2) is 35.9 Å². The second kappa shape index (κ2) is 29.9. The van der Waals surface area contributed by atoms with E-state index in [4.69, 9.17) is 28.4 Å². The summed E-state index contributed by atoms with van der Waals surface area (Å²) in [4.78, 5) is 24.1. The average Bonchev–Trinajstić information content (AvgIpc) is 3.96. The molecule has 2 aromatic rings. The Morgan fingerprint density at radius 3 is 1.86 bits per heavy atom. The lowest BCUT2D eigenvalue weighted by Crippen LogP contribution is -2.39. The number of amides is 4. The summed E-state index contributed by atoms with van der Waals surface area (Å²) in [7, 11) is -7.50. The zero-order valence-corrected chi connectivity index (χ0v) is 41.3. The van der Waals surface area contributed by atoms with E-state index in [0.717, 1.165) is 38.5 Å². The van der Waals surface area contributed by atoms with E-state index in [2.05, 4.69) is 61.6 Å². The summed E-state index contributed by atoms with van der Waals surface area (Å²) in [6.45, 7) is 9.13. The van der Waals surface area contributed by atoms with E-state index in [0.29, 0.717) is 50.5 Å². The van der Waals surface area contributed by atoms with Crippen molar-refractivity contribution in [1.82, 2.24) is 30.7 Å². The molecule has 3 aliphatic carbocycles. The summed E-state index contributed by atoms with van der Waals surface area (Å²) in [5.41, 5.74) is 5.06. The van der Waals surface area contributed by atoms with Crippen molar-refractivity contribution < 1.29 is 54.8 Å². The van der Waals surface area contributed by atoms with Crippen molar-refractivity contribution >= 4 is 32.1 Å². The zero-order chi connectivity index (χ0) is 49.2. The van der Waals surface area contributed by atoms with Crippen LogP contribution in [0.4, 0.5) is 9.59 Å². The first-order valence-corrected chi connectivity index (χ1v) is 26.7. The zero-order valence-electron chi connectivity index (χ0n) is 39.6. The van der Waals surface area contributed by atoms with Gasteiger partial charge in [-0.2, -0.15) is 0 Å². The van der Waals surface area contributed by atoms with E-state index in [-0.39, 0.29) is 100 Å². The van der Waals surface area contributed by atoms with Gasteiger partial charge in [0.05, 0.1) is 62.7 Å². The normalized spacial score (nSPS) is 16.9. The summed E-state index contributed by atoms with van der Waals surface area (Å²) in [5.74, 6) is 1.21. The van der Waals surface area contributed by atoms with Gasteiger partial charge in [0.2, 0.25) is 20.0 Å². The maximum Gasteiger partial charge on any atom is 0.314 e. The number of allylic oxidation sites excluding steroid dienone is 5. The predicted molar refractivity (Wildman–Crippen MR) is 264 cm³/mol. The van der Waals surface area contributed by atoms with E-state index in [9.17, 15) is 26.4 Å². The van der Waals surface area contributed by atoms with Crippen molar-refractivity contribution in [3.8, 4) is 5.75 Å². The summed E-state index contributed by atoms with van der Waals surface area (Å²) in [5, 5.41) is 10.9. The highest BCUT2D eigenvalue weighted by atomic mass is 32.2. The Hall–Kier alpha value is -5.06. The SMILES string of the molecule is C=C(/C=C\C(=C/C)O[C@@H]1CCC2=CCCC=C21)S(=O)(=O)NCCOCCOCCNC(=O)NCCCCNC(=O)NCCOCCOCCNS(=O)(=O)c1ccc(O[C@@H]2CCc3ccccc32)cc1. The van der Waals surface area contributed by atoms with Crippen molar-refractivity contribution in [2.45, 2.75) is 75.4 Å². The molecule has 1 saturated carbocycles. The Labute approximate surface area is 407 Å². The van der Waals surface area contributed by atoms with Crippen LogP contribution < -0.4 is 35.4 Å². The topological polar surface area (TPSA) is 230 Å². The Morgan fingerprint density at radius 2 is 1.22 bits per heavy atom. The molecule has 5 rings (SSSR count). The Bertz CT molecular complexity index is 2300. The molecule has 4 amide bonds. The molecule has 2 aromatic carbocycles. The first-order chi connectivity index (χ1) is 33.4. The van der Waals surface area contributed by atoms with Gasteiger partial charge in [-0.15, -0.1) is 0 Å². The van der Waals surface area contributed by atoms with Crippen LogP contribution in [-0.2, 0) is 50.2 Å². The van der Waals surface area contributed by atoms with Crippen LogP contribution in [0.3, 0.4) is 0 Å². The van der Waals surface area contributed by atoms with E-state index < -0.39 is 20.0 Å². The van der Waals surface area contributed by atoms with E-state index >= 15 is 0 Å². The highest BCUT2D eigenvalue weighted by molar-refractivity contribution is 7.93. The van der Waals surface area contributed by atoms with Crippen LogP contribution in [0, 0.1) is 0 Å². The van der Waals surface area contributed by atoms with Gasteiger partial charge in [-0.05, 0) is 123 Å². The summed E-state index contributed by atoms with van der Waals surface area (Å²) >= 11 is 0. The largest absolute Gasteiger partial charge is 0.486 e. The van der Waals surface area contributed by atoms with Crippen LogP contribution in [0.15, 0.2) is 112 Å². The highest BCUT2D eigenvalue weighted by Gasteiger charge is 2.28. The Balaban J connectivity index is 0.750. The average molecular weight is 999 g/mol. The number of nitrogens with one attached hydrogen (secondary N) is 6. The molecular weight excluding hydrogens is 929 g/mol. The number of urea groups is 2. The lowest BCUT2D eigenvalue weighted by Gasteiger charge is -2.18. The Morgan fingerprint density at radius 1 is 0.652 bits per heavy atom. The van der Waals surface area contributed by atoms with Crippen LogP contribution in [0.1, 0.15) is 69.1 Å². The lowest BCUT2D eigenvalue weighted by molar-refractivity contribution is 0.0516. The minimum Gasteiger partial charge on any atom is -0.486 e. The number of carbonyl (C=O) groups excluding carboxylic acids is 2. The molecule has 0 radical (unpaired) electrons. The van der Waals surface area contributed by atoms with Crippen molar-refractivity contribution in [1.29, 1.82) is 0 Å². The third-order valence-corrected chi connectivity index (χ3v) is 14.1. The molecular formula is C49H70N6O12S2. The monoisotopic (exact) mass is 998 g/mol. The van der Waals surface area contributed by atoms with Gasteiger partial charge in [0, 0.05) is 39.3 Å². The van der Waals surface area contributed by atoms with Gasteiger partial charge < -0.3 is 49.7 Å². The third kappa shape index (κ3) is 19.7. The molecule has 18 nitrogen and oxygen atoms in total. The van der Waals surface area contributed by atoms with E-state index in [1.807, 2.05) is 25.1 Å². The molecule has 3 aliphatic rings. The predicted octanol–water partition coefficient (Wildman–Crippen LogP) is 5.19. The molecule has 69 heavy (non-hydrogen) atoms. The first kappa shape index (κ1) is 54.9. The number of sulfonamides is 2. The molecule has 0 aliphatic heterocycles. The van der Waals surface area contributed by atoms with Crippen LogP contribution in [0.2, 0.25) is 0 Å². The van der Waals surface area contributed by atoms with Crippen molar-refractivity contribution in [3.05, 3.63) is 118 Å². The molecule has 2 atom stereocenters. The number of hydrogen-bond donors (Lipinski definition) is 6. The standard InChI is InChI=1S/C49H70N6O12S2/c1-3-41(66-46-22-15-39-10-4-6-12-44(39)46)17-14-38(2)68(58,59)54-28-32-64-36-34-62-30-26-52-48(56)50-24-8-9-25-51-49(57)53-27-31-63-35-37-65-33-29-55-69(60,61)43-20-18-42(19-21-43)67-47-23-16-40-11-5-7-13-45(40)47/h3,5,7,10-14,17-21,46-47,54-55H,2,4,6,8-9,15-16,22-37H2,1H3,(H2,50,52,56)(H2,51,53,57)/b17-14-,41-3+/t46-,47-/m1/s1. The number of ether oxygens (including phenoxy) is 6. The van der Waals surface area contributed by atoms with Gasteiger partial charge in [-0.1, -0.05) is 43.0 Å². The van der Waals surface area contributed by atoms with Gasteiger partial charge in [-0.3, -0.25) is 0 Å². The molecule has 0 spiro atoms. The maximum atomic E-state index is 12.7. The Kier molecular flexibility index (Phi) is 23.7. The molecule has 0 bridgehead atoms. The number of carbonyl (C=O) groups is 2. The number of aryl methyl sites for hydroxylation is 1. The molecule has 1 fully saturated rings. The minimum absolute atomic E-state index is 0.0199. The van der Waals surface area contributed by atoms with Gasteiger partial charge in [0.15, 0.2) is 0 Å². The number of hydrogen-bond acceptors (Lipinski definition) is 12. The molecule has 0 heterocycles. The second-order valence-electron chi connectivity index (χ2n) is 16.2. The third-order valence-electron chi connectivity index (χ3n) is 11.2. The molecule has 0 aromatic heterocycles. The van der Waals surface area contributed by atoms with Crippen molar-refractivity contribution in [3.63, 3.8) is 0 Å². The van der Waals surface area contributed by atoms with Crippen molar-refractivity contribution in [2.24, 2.45) is 0 Å². The smallest absolute Gasteiger partial charge is 0.314 e. The second-order valence-corrected chi connectivity index (χ2v) is 19.8. The molecule has 0 saturated heterocycles. The van der Waals surface area contributed by atoms with Crippen LogP contribution in [0.5, 0.6) is 5.75 Å². The lowest BCUT2D eigenvalue weighted by atomic mass is 10.00.